The Morgan fingerprint density at radius 3 is 2.10 bits per heavy atom. The van der Waals surface area contributed by atoms with Crippen LogP contribution in [-0.4, -0.2) is 28.3 Å². The maximum Gasteiger partial charge on any atom is 0.276 e. The van der Waals surface area contributed by atoms with Crippen LogP contribution in [0.3, 0.4) is 0 Å². The van der Waals surface area contributed by atoms with Gasteiger partial charge in [-0.25, -0.2) is 0 Å². The topological polar surface area (TPSA) is 27.7 Å². The van der Waals surface area contributed by atoms with Gasteiger partial charge in [-0.1, -0.05) is 86.5 Å². The largest absolute Gasteiger partial charge is 0.539 e. The van der Waals surface area contributed by atoms with Crippen molar-refractivity contribution in [3.63, 3.8) is 0 Å². The van der Waals surface area contributed by atoms with Crippen LogP contribution in [0.1, 0.15) is 70.4 Å². The summed E-state index contributed by atoms with van der Waals surface area (Å²) in [5, 5.41) is 2.64. The fourth-order valence-electron chi connectivity index (χ4n) is 6.88. The molecule has 2 aliphatic rings. The van der Waals surface area contributed by atoms with Gasteiger partial charge in [-0.2, -0.15) is 0 Å². The number of fused-ring (bicyclic) bond motifs is 3. The number of hydrogen-bond donors (Lipinski definition) is 0. The van der Waals surface area contributed by atoms with Gasteiger partial charge >= 0.3 is 0 Å². The number of ether oxygens (including phenoxy) is 1. The molecule has 42 heavy (non-hydrogen) atoms. The molecule has 0 spiro atoms. The van der Waals surface area contributed by atoms with Gasteiger partial charge in [-0.05, 0) is 99.9 Å². The summed E-state index contributed by atoms with van der Waals surface area (Å²) in [4.78, 5) is 0. The van der Waals surface area contributed by atoms with E-state index in [4.69, 9.17) is 13.6 Å². The molecule has 0 amide bonds. The molecule has 1 aliphatic heterocycles. The van der Waals surface area contributed by atoms with Crippen molar-refractivity contribution in [3.8, 4) is 11.5 Å². The molecule has 3 atom stereocenters. The Balaban J connectivity index is 1.55. The van der Waals surface area contributed by atoms with Crippen molar-refractivity contribution >= 4 is 27.0 Å². The molecular formula is C37H50O3Si2. The van der Waals surface area contributed by atoms with E-state index in [0.29, 0.717) is 0 Å². The summed E-state index contributed by atoms with van der Waals surface area (Å²) >= 11 is 0. The molecule has 5 rings (SSSR count). The number of benzene rings is 3. The molecule has 0 aromatic heterocycles. The van der Waals surface area contributed by atoms with Crippen LogP contribution in [-0.2, 0) is 10.8 Å². The molecule has 3 aromatic carbocycles. The van der Waals surface area contributed by atoms with Crippen LogP contribution in [0.15, 0.2) is 84.4 Å². The van der Waals surface area contributed by atoms with Gasteiger partial charge in [-0.15, -0.1) is 0 Å². The highest BCUT2D eigenvalue weighted by Crippen LogP contribution is 2.54. The Morgan fingerprint density at radius 1 is 0.857 bits per heavy atom. The molecular weight excluding hydrogens is 549 g/mol. The maximum atomic E-state index is 7.16. The number of unbranched alkanes of at least 4 members (excludes halogenated alkanes) is 2. The van der Waals surface area contributed by atoms with Crippen LogP contribution in [0, 0.1) is 5.92 Å². The third-order valence-electron chi connectivity index (χ3n) is 9.42. The molecule has 0 bridgehead atoms. The van der Waals surface area contributed by atoms with Gasteiger partial charge in [0.25, 0.3) is 8.32 Å². The van der Waals surface area contributed by atoms with Gasteiger partial charge in [0.2, 0.25) is 8.32 Å². The monoisotopic (exact) mass is 598 g/mol. The first-order valence-electron chi connectivity index (χ1n) is 15.9. The first kappa shape index (κ1) is 30.8. The normalized spacial score (nSPS) is 21.5. The molecule has 0 saturated heterocycles. The van der Waals surface area contributed by atoms with E-state index in [0.717, 1.165) is 24.3 Å². The van der Waals surface area contributed by atoms with Crippen molar-refractivity contribution < 1.29 is 13.6 Å². The van der Waals surface area contributed by atoms with E-state index in [-0.39, 0.29) is 23.5 Å². The van der Waals surface area contributed by atoms with E-state index in [2.05, 4.69) is 133 Å². The van der Waals surface area contributed by atoms with E-state index < -0.39 is 16.6 Å². The second-order valence-electron chi connectivity index (χ2n) is 13.9. The highest BCUT2D eigenvalue weighted by Gasteiger charge is 2.49. The molecule has 0 fully saturated rings. The average Bonchev–Trinajstić information content (AvgIpc) is 2.94. The zero-order chi connectivity index (χ0) is 30.1. The molecule has 1 heterocycles. The third kappa shape index (κ3) is 6.48. The minimum absolute atomic E-state index is 0.0883. The first-order chi connectivity index (χ1) is 19.9. The number of hydrogen-bond acceptors (Lipinski definition) is 3. The lowest BCUT2D eigenvalue weighted by Gasteiger charge is -2.49. The lowest BCUT2D eigenvalue weighted by molar-refractivity contribution is -0.00622. The maximum absolute atomic E-state index is 7.16. The van der Waals surface area contributed by atoms with Crippen molar-refractivity contribution in [2.75, 3.05) is 0 Å². The molecule has 0 N–H and O–H groups in total. The summed E-state index contributed by atoms with van der Waals surface area (Å²) in [5.41, 5.74) is 3.56. The van der Waals surface area contributed by atoms with E-state index in [1.807, 2.05) is 0 Å². The SMILES string of the molecule is CCCCCc1cc2c(c(O[Si](C)(C)c3ccccc3)c1)C1C=C(C)C(O[Si](C)(C)c3ccccc3)CC1C(C)(C)O2. The summed E-state index contributed by atoms with van der Waals surface area (Å²) < 4.78 is 21.2. The van der Waals surface area contributed by atoms with Gasteiger partial charge in [0.15, 0.2) is 0 Å². The number of aryl methyl sites for hydroxylation is 1. The average molecular weight is 599 g/mol. The van der Waals surface area contributed by atoms with E-state index in [1.165, 1.54) is 46.3 Å². The summed E-state index contributed by atoms with van der Waals surface area (Å²) in [6.45, 7) is 18.3. The highest BCUT2D eigenvalue weighted by atomic mass is 28.4. The first-order valence-corrected chi connectivity index (χ1v) is 21.7. The Kier molecular flexibility index (Phi) is 8.94. The molecule has 0 saturated carbocycles. The molecule has 3 aromatic rings. The van der Waals surface area contributed by atoms with Crippen molar-refractivity contribution in [2.24, 2.45) is 5.92 Å². The zero-order valence-corrected chi connectivity index (χ0v) is 29.0. The predicted octanol–water partition coefficient (Wildman–Crippen LogP) is 8.63. The van der Waals surface area contributed by atoms with Gasteiger partial charge in [0.05, 0.1) is 6.10 Å². The fraction of sp³-hybridized carbons (Fsp3) is 0.459. The highest BCUT2D eigenvalue weighted by molar-refractivity contribution is 6.85. The van der Waals surface area contributed by atoms with E-state index in [9.17, 15) is 0 Å². The van der Waals surface area contributed by atoms with Crippen LogP contribution in [0.5, 0.6) is 11.5 Å². The predicted molar refractivity (Wildman–Crippen MR) is 182 cm³/mol. The molecule has 1 aliphatic carbocycles. The van der Waals surface area contributed by atoms with Crippen molar-refractivity contribution in [1.29, 1.82) is 0 Å². The molecule has 3 nitrogen and oxygen atoms in total. The zero-order valence-electron chi connectivity index (χ0n) is 27.0. The van der Waals surface area contributed by atoms with Gasteiger partial charge in [-0.3, -0.25) is 0 Å². The van der Waals surface area contributed by atoms with Crippen LogP contribution in [0.25, 0.3) is 0 Å². The Hall–Kier alpha value is -2.61. The fourth-order valence-corrected chi connectivity index (χ4v) is 10.8. The van der Waals surface area contributed by atoms with Gasteiger partial charge < -0.3 is 13.6 Å². The molecule has 3 unspecified atom stereocenters. The van der Waals surface area contributed by atoms with Crippen LogP contribution >= 0.6 is 0 Å². The van der Waals surface area contributed by atoms with Crippen molar-refractivity contribution in [1.82, 2.24) is 0 Å². The summed E-state index contributed by atoms with van der Waals surface area (Å²) in [6.07, 6.45) is 8.20. The van der Waals surface area contributed by atoms with Crippen LogP contribution in [0.4, 0.5) is 0 Å². The van der Waals surface area contributed by atoms with Crippen molar-refractivity contribution in [2.45, 2.75) is 104 Å². The minimum atomic E-state index is -2.23. The third-order valence-corrected chi connectivity index (χ3v) is 14.5. The van der Waals surface area contributed by atoms with Crippen LogP contribution < -0.4 is 19.5 Å². The Labute approximate surface area is 256 Å². The van der Waals surface area contributed by atoms with Crippen molar-refractivity contribution in [3.05, 3.63) is 95.6 Å². The van der Waals surface area contributed by atoms with Gasteiger partial charge in [0.1, 0.15) is 17.1 Å². The molecule has 5 heteroatoms. The molecule has 224 valence electrons. The van der Waals surface area contributed by atoms with E-state index >= 15 is 0 Å². The van der Waals surface area contributed by atoms with Gasteiger partial charge in [0, 0.05) is 17.4 Å². The molecule has 0 radical (unpaired) electrons. The number of allylic oxidation sites excluding steroid dienone is 1. The second-order valence-corrected chi connectivity index (χ2v) is 21.5. The second kappa shape index (κ2) is 12.2. The summed E-state index contributed by atoms with van der Waals surface area (Å²) in [7, 11) is -4.32. The Morgan fingerprint density at radius 2 is 1.48 bits per heavy atom. The van der Waals surface area contributed by atoms with Crippen LogP contribution in [0.2, 0.25) is 26.2 Å². The Bertz CT molecular complexity index is 1400. The lowest BCUT2D eigenvalue weighted by Crippen LogP contribution is -2.52. The summed E-state index contributed by atoms with van der Waals surface area (Å²) in [5.74, 6) is 2.54. The number of rotatable bonds is 10. The lowest BCUT2D eigenvalue weighted by atomic mass is 9.67. The quantitative estimate of drug-likeness (QED) is 0.133. The van der Waals surface area contributed by atoms with E-state index in [1.54, 1.807) is 0 Å². The standard InChI is InChI=1S/C37H50O3Si2/c1-9-10-13-18-28-24-34-36(35(25-28)40-42(7,8)30-21-16-12-17-22-30)31-23-27(2)33(26-32(31)37(3,4)38-34)39-41(5,6)29-19-14-11-15-20-29/h11-12,14-17,19-25,31-33H,9-10,13,18,26H2,1-8H3. The summed E-state index contributed by atoms with van der Waals surface area (Å²) in [6, 6.07) is 26.2. The smallest absolute Gasteiger partial charge is 0.276 e. The minimum Gasteiger partial charge on any atom is -0.539 e.